The van der Waals surface area contributed by atoms with E-state index in [0.717, 1.165) is 127 Å². The third kappa shape index (κ3) is 11.4. The van der Waals surface area contributed by atoms with Crippen LogP contribution >= 0.6 is 77.2 Å². The molecule has 0 spiro atoms. The van der Waals surface area contributed by atoms with Crippen LogP contribution in [0.3, 0.4) is 0 Å². The monoisotopic (exact) mass is 1150 g/mol. The largest absolute Gasteiger partial charge is 0.307 e. The lowest BCUT2D eigenvalue weighted by atomic mass is 9.98. The number of carbonyl (C=O) groups excluding carboxylic acids is 4. The van der Waals surface area contributed by atoms with Gasteiger partial charge in [-0.25, -0.2) is 0 Å². The van der Waals surface area contributed by atoms with Gasteiger partial charge in [-0.1, -0.05) is 132 Å². The second-order valence-electron chi connectivity index (χ2n) is 19.6. The topological polar surface area (TPSA) is 81.2 Å². The summed E-state index contributed by atoms with van der Waals surface area (Å²) in [6.07, 6.45) is 18.1. The third-order valence-electron chi connectivity index (χ3n) is 15.0. The minimum atomic E-state index is -0.0163. The second-order valence-corrected chi connectivity index (χ2v) is 26.3. The Morgan fingerprint density at radius 2 is 0.686 bits per heavy atom. The average molecular weight is 1160 g/mol. The first-order valence-corrected chi connectivity index (χ1v) is 31.4. The van der Waals surface area contributed by atoms with Crippen molar-refractivity contribution < 1.29 is 19.2 Å². The molecule has 70 heavy (non-hydrogen) atoms. The van der Waals surface area contributed by atoms with Crippen LogP contribution in [0.2, 0.25) is 0 Å². The number of carbonyl (C=O) groups is 4. The van der Waals surface area contributed by atoms with Crippen LogP contribution in [-0.4, -0.2) is 49.8 Å². The van der Waals surface area contributed by atoms with E-state index >= 15 is 0 Å². The molecule has 0 saturated heterocycles. The van der Waals surface area contributed by atoms with E-state index in [1.165, 1.54) is 38.5 Å². The Morgan fingerprint density at radius 3 is 0.957 bits per heavy atom. The molecule has 4 atom stereocenters. The van der Waals surface area contributed by atoms with Gasteiger partial charge in [-0.3, -0.25) is 19.2 Å². The molecule has 0 aromatic carbocycles. The minimum Gasteiger partial charge on any atom is -0.307 e. The van der Waals surface area contributed by atoms with Crippen LogP contribution in [0.15, 0.2) is 42.6 Å². The van der Waals surface area contributed by atoms with Crippen LogP contribution in [-0.2, 0) is 19.2 Å². The summed E-state index contributed by atoms with van der Waals surface area (Å²) in [7, 11) is 0. The van der Waals surface area contributed by atoms with Crippen molar-refractivity contribution in [1.29, 1.82) is 0 Å². The number of halogens is 2. The Balaban J connectivity index is 0.000000207. The summed E-state index contributed by atoms with van der Waals surface area (Å²) >= 11 is 13.6. The number of anilines is 4. The lowest BCUT2D eigenvalue weighted by molar-refractivity contribution is -0.114. The van der Waals surface area contributed by atoms with Gasteiger partial charge in [-0.15, -0.1) is 45.3 Å². The van der Waals surface area contributed by atoms with Gasteiger partial charge in [0.15, 0.2) is 0 Å². The fourth-order valence-corrected chi connectivity index (χ4v) is 15.7. The molecule has 380 valence electrons. The van der Waals surface area contributed by atoms with E-state index in [1.807, 2.05) is 19.6 Å². The summed E-state index contributed by atoms with van der Waals surface area (Å²) in [6, 6.07) is 8.22. The van der Waals surface area contributed by atoms with Crippen molar-refractivity contribution in [2.24, 2.45) is 23.7 Å². The molecule has 4 aliphatic heterocycles. The normalized spacial score (nSPS) is 19.0. The summed E-state index contributed by atoms with van der Waals surface area (Å²) in [4.78, 5) is 67.3. The molecule has 4 aromatic rings. The molecule has 0 N–H and O–H groups in total. The van der Waals surface area contributed by atoms with E-state index in [9.17, 15) is 19.2 Å². The number of fused-ring (bicyclic) bond motifs is 4. The van der Waals surface area contributed by atoms with Crippen molar-refractivity contribution in [2.75, 3.05) is 45.8 Å². The molecule has 8 rings (SSSR count). The highest BCUT2D eigenvalue weighted by Crippen LogP contribution is 2.54. The van der Waals surface area contributed by atoms with Crippen molar-refractivity contribution in [2.45, 2.75) is 158 Å². The van der Waals surface area contributed by atoms with Crippen LogP contribution < -0.4 is 19.6 Å². The summed E-state index contributed by atoms with van der Waals surface area (Å²) in [6.45, 7) is 20.6. The highest BCUT2D eigenvalue weighted by molar-refractivity contribution is 9.11. The zero-order valence-corrected chi connectivity index (χ0v) is 49.2. The van der Waals surface area contributed by atoms with Crippen LogP contribution in [0.4, 0.5) is 22.7 Å². The Morgan fingerprint density at radius 1 is 0.414 bits per heavy atom. The van der Waals surface area contributed by atoms with Gasteiger partial charge in [0.25, 0.3) is 23.6 Å². The predicted octanol–water partition coefficient (Wildman–Crippen LogP) is 17.2. The van der Waals surface area contributed by atoms with Gasteiger partial charge in [0.1, 0.15) is 0 Å². The first-order chi connectivity index (χ1) is 33.9. The van der Waals surface area contributed by atoms with E-state index in [1.54, 1.807) is 45.3 Å². The molecular formula is C56H74Br2N4O4S4. The smallest absolute Gasteiger partial charge is 0.260 e. The van der Waals surface area contributed by atoms with E-state index in [-0.39, 0.29) is 23.6 Å². The summed E-state index contributed by atoms with van der Waals surface area (Å²) in [5.41, 5.74) is 6.34. The number of unbranched alkanes of at least 4 members (excludes halogenated alkanes) is 4. The quantitative estimate of drug-likeness (QED) is 0.0655. The lowest BCUT2D eigenvalue weighted by Gasteiger charge is -2.24. The zero-order valence-electron chi connectivity index (χ0n) is 42.7. The fourth-order valence-electron chi connectivity index (χ4n) is 10.5. The van der Waals surface area contributed by atoms with Crippen molar-refractivity contribution in [3.63, 3.8) is 0 Å². The predicted molar refractivity (Wildman–Crippen MR) is 309 cm³/mol. The van der Waals surface area contributed by atoms with E-state index < -0.39 is 0 Å². The molecule has 8 nitrogen and oxygen atoms in total. The van der Waals surface area contributed by atoms with Crippen molar-refractivity contribution in [1.82, 2.24) is 0 Å². The van der Waals surface area contributed by atoms with Gasteiger partial charge in [0.05, 0.1) is 72.1 Å². The van der Waals surface area contributed by atoms with E-state index in [2.05, 4.69) is 122 Å². The summed E-state index contributed by atoms with van der Waals surface area (Å²) < 4.78 is 1.98. The van der Waals surface area contributed by atoms with Crippen molar-refractivity contribution >= 4 is 146 Å². The van der Waals surface area contributed by atoms with Gasteiger partial charge < -0.3 is 19.6 Å². The van der Waals surface area contributed by atoms with Crippen LogP contribution in [0, 0.1) is 23.7 Å². The number of hydrogen-bond donors (Lipinski definition) is 0. The Bertz CT molecular complexity index is 2380. The number of nitrogens with zero attached hydrogens (tertiary/aromatic N) is 4. The van der Waals surface area contributed by atoms with Gasteiger partial charge in [-0.2, -0.15) is 0 Å². The van der Waals surface area contributed by atoms with Crippen LogP contribution in [0.5, 0.6) is 0 Å². The van der Waals surface area contributed by atoms with Gasteiger partial charge in [-0.05, 0) is 116 Å². The first-order valence-electron chi connectivity index (χ1n) is 26.4. The number of rotatable bonds is 24. The first kappa shape index (κ1) is 54.9. The molecule has 0 saturated carbocycles. The molecule has 4 aromatic heterocycles. The van der Waals surface area contributed by atoms with Gasteiger partial charge in [0.2, 0.25) is 0 Å². The minimum absolute atomic E-state index is 0.0133. The highest BCUT2D eigenvalue weighted by Gasteiger charge is 2.46. The van der Waals surface area contributed by atoms with E-state index in [4.69, 9.17) is 0 Å². The van der Waals surface area contributed by atoms with Crippen LogP contribution in [0.25, 0.3) is 22.3 Å². The van der Waals surface area contributed by atoms with Gasteiger partial charge in [0, 0.05) is 26.2 Å². The summed E-state index contributed by atoms with van der Waals surface area (Å²) in [5.74, 6) is 1.87. The number of hydrogen-bond acceptors (Lipinski definition) is 8. The molecule has 4 aliphatic rings. The maximum atomic E-state index is 14.0. The molecule has 0 fully saturated rings. The maximum Gasteiger partial charge on any atom is 0.260 e. The number of thiophene rings is 4. The molecule has 8 heterocycles. The molecule has 14 heteroatoms. The maximum absolute atomic E-state index is 14.0. The zero-order chi connectivity index (χ0) is 50.2. The summed E-state index contributed by atoms with van der Waals surface area (Å²) in [5, 5.41) is 4.12. The van der Waals surface area contributed by atoms with Gasteiger partial charge >= 0.3 is 0 Å². The average Bonchev–Trinajstić information content (AvgIpc) is 4.26. The molecule has 0 aliphatic carbocycles. The molecular weight excluding hydrogens is 1080 g/mol. The molecule has 4 amide bonds. The standard InChI is InChI=1S/C28H36Br2N2O2S2.C28H38N2O2S2/c1-5-9-11-17(7-3)15-31-19-13-21(29)35-25(19)23(27(31)33)24-26-20(14-22(30)36-26)32(28(24)34)16-18(8-4)12-10-6-2;1-5-9-11-19(7-3)17-29-21-13-15-33-25(21)23(27(29)31)24-26-22(14-16-34-26)30(28(24)32)18-20(8-4)12-10-6-2/h13-14,17-18H,5-12,15-16H2,1-4H3;13-16,19-20H,5-12,17-18H2,1-4H3/b2*24-23+. The Labute approximate surface area is 451 Å². The third-order valence-corrected chi connectivity index (χ3v) is 20.1. The number of amides is 4. The highest BCUT2D eigenvalue weighted by atomic mass is 79.9. The molecule has 4 unspecified atom stereocenters. The fraction of sp³-hybridized carbons (Fsp3) is 0.571. The van der Waals surface area contributed by atoms with Crippen molar-refractivity contribution in [3.05, 3.63) is 62.1 Å². The molecule has 0 bridgehead atoms. The van der Waals surface area contributed by atoms with E-state index in [0.29, 0.717) is 59.1 Å². The van der Waals surface area contributed by atoms with Crippen molar-refractivity contribution in [3.8, 4) is 0 Å². The molecule has 0 radical (unpaired) electrons. The Kier molecular flexibility index (Phi) is 19.9. The van der Waals surface area contributed by atoms with Crippen LogP contribution in [0.1, 0.15) is 178 Å². The Hall–Kier alpha value is -2.88. The SMILES string of the molecule is CCCCC(CC)CN1C(=O)/C(=C2/C(=O)N(CC(CC)CCCC)c3cc(Br)sc32)c2sc(Br)cc21.CCCCC(CC)CN1C(=O)/C(=C2/C(=O)N(CC(CC)CCCC)c3ccsc32)c2sccc21. The second kappa shape index (κ2) is 25.4. The lowest BCUT2D eigenvalue weighted by Crippen LogP contribution is -2.34.